The maximum Gasteiger partial charge on any atom is 0.335 e. The van der Waals surface area contributed by atoms with Crippen molar-refractivity contribution in [2.45, 2.75) is 43.9 Å². The fraction of sp³-hybridized carbons (Fsp3) is 0.917. The zero-order chi connectivity index (χ0) is 15.8. The number of hydrogen-bond donors (Lipinski definition) is 3. The SMILES string of the molecule is COC(=O)C1CCC(O)C(OCC(OC)OC(O)CO)O1. The predicted molar refractivity (Wildman–Crippen MR) is 66.8 cm³/mol. The molecule has 1 fully saturated rings. The first kappa shape index (κ1) is 18.2. The van der Waals surface area contributed by atoms with E-state index in [1.807, 2.05) is 0 Å². The highest BCUT2D eigenvalue weighted by molar-refractivity contribution is 5.74. The molecule has 0 saturated carbocycles. The highest BCUT2D eigenvalue weighted by Crippen LogP contribution is 2.21. The van der Waals surface area contributed by atoms with Crippen LogP contribution >= 0.6 is 0 Å². The Balaban J connectivity index is 2.45. The number of esters is 1. The lowest BCUT2D eigenvalue weighted by atomic mass is 10.1. The van der Waals surface area contributed by atoms with Crippen LogP contribution in [-0.2, 0) is 28.5 Å². The second-order valence-corrected chi connectivity index (χ2v) is 4.43. The Bertz CT molecular complexity index is 311. The summed E-state index contributed by atoms with van der Waals surface area (Å²) in [4.78, 5) is 11.4. The molecule has 124 valence electrons. The molecule has 0 aliphatic carbocycles. The first-order valence-corrected chi connectivity index (χ1v) is 6.52. The largest absolute Gasteiger partial charge is 0.467 e. The van der Waals surface area contributed by atoms with Crippen molar-refractivity contribution < 1.29 is 43.8 Å². The number of rotatable bonds is 8. The molecule has 0 aromatic carbocycles. The van der Waals surface area contributed by atoms with Crippen molar-refractivity contribution in [1.82, 2.24) is 0 Å². The Labute approximate surface area is 122 Å². The van der Waals surface area contributed by atoms with Crippen molar-refractivity contribution in [3.05, 3.63) is 0 Å². The van der Waals surface area contributed by atoms with Crippen molar-refractivity contribution >= 4 is 5.97 Å². The van der Waals surface area contributed by atoms with Gasteiger partial charge in [-0.1, -0.05) is 0 Å². The maximum atomic E-state index is 11.4. The van der Waals surface area contributed by atoms with Crippen LogP contribution in [0.1, 0.15) is 12.8 Å². The molecule has 1 saturated heterocycles. The number of carbonyl (C=O) groups excluding carboxylic acids is 1. The molecule has 5 unspecified atom stereocenters. The van der Waals surface area contributed by atoms with E-state index in [0.717, 1.165) is 0 Å². The smallest absolute Gasteiger partial charge is 0.335 e. The van der Waals surface area contributed by atoms with E-state index in [0.29, 0.717) is 12.8 Å². The highest BCUT2D eigenvalue weighted by atomic mass is 16.8. The van der Waals surface area contributed by atoms with E-state index in [9.17, 15) is 9.90 Å². The Morgan fingerprint density at radius 1 is 1.38 bits per heavy atom. The van der Waals surface area contributed by atoms with Gasteiger partial charge in [0.05, 0.1) is 13.7 Å². The normalized spacial score (nSPS) is 28.9. The quantitative estimate of drug-likeness (QED) is 0.357. The predicted octanol–water partition coefficient (Wildman–Crippen LogP) is -1.66. The summed E-state index contributed by atoms with van der Waals surface area (Å²) >= 11 is 0. The van der Waals surface area contributed by atoms with Gasteiger partial charge in [0.2, 0.25) is 0 Å². The van der Waals surface area contributed by atoms with E-state index in [1.165, 1.54) is 14.2 Å². The van der Waals surface area contributed by atoms with Crippen molar-refractivity contribution in [2.75, 3.05) is 27.4 Å². The van der Waals surface area contributed by atoms with Crippen LogP contribution < -0.4 is 0 Å². The molecule has 21 heavy (non-hydrogen) atoms. The number of aliphatic hydroxyl groups excluding tert-OH is 3. The minimum atomic E-state index is -1.40. The highest BCUT2D eigenvalue weighted by Gasteiger charge is 2.35. The van der Waals surface area contributed by atoms with Crippen LogP contribution in [-0.4, -0.2) is 79.8 Å². The van der Waals surface area contributed by atoms with Gasteiger partial charge in [0.15, 0.2) is 25.0 Å². The lowest BCUT2D eigenvalue weighted by molar-refractivity contribution is -0.287. The Morgan fingerprint density at radius 2 is 2.10 bits per heavy atom. The van der Waals surface area contributed by atoms with Crippen LogP contribution in [0.15, 0.2) is 0 Å². The molecule has 0 amide bonds. The van der Waals surface area contributed by atoms with Gasteiger partial charge >= 0.3 is 5.97 Å². The van der Waals surface area contributed by atoms with Crippen molar-refractivity contribution in [1.29, 1.82) is 0 Å². The molecule has 0 bridgehead atoms. The Hall–Kier alpha value is -0.810. The summed E-state index contributed by atoms with van der Waals surface area (Å²) in [6.07, 6.45) is -4.43. The summed E-state index contributed by atoms with van der Waals surface area (Å²) in [7, 11) is 2.57. The van der Waals surface area contributed by atoms with Crippen molar-refractivity contribution in [3.63, 3.8) is 0 Å². The monoisotopic (exact) mass is 310 g/mol. The molecular weight excluding hydrogens is 288 g/mol. The standard InChI is InChI=1S/C12H22O9/c1-17-10(21-9(15)5-13)6-19-12-7(14)3-4-8(20-12)11(16)18-2/h7-10,12-15H,3-6H2,1-2H3. The summed E-state index contributed by atoms with van der Waals surface area (Å²) < 4.78 is 25.0. The second kappa shape index (κ2) is 9.26. The van der Waals surface area contributed by atoms with Crippen LogP contribution in [0, 0.1) is 0 Å². The van der Waals surface area contributed by atoms with E-state index in [-0.39, 0.29) is 6.61 Å². The molecule has 0 aromatic rings. The van der Waals surface area contributed by atoms with E-state index in [2.05, 4.69) is 4.74 Å². The van der Waals surface area contributed by atoms with Crippen LogP contribution in [0.5, 0.6) is 0 Å². The number of hydrogen-bond acceptors (Lipinski definition) is 9. The Kier molecular flexibility index (Phi) is 8.04. The van der Waals surface area contributed by atoms with E-state index in [4.69, 9.17) is 29.2 Å². The van der Waals surface area contributed by atoms with Crippen molar-refractivity contribution in [2.24, 2.45) is 0 Å². The Morgan fingerprint density at radius 3 is 2.67 bits per heavy atom. The minimum absolute atomic E-state index is 0.164. The van der Waals surface area contributed by atoms with Gasteiger partial charge in [-0.05, 0) is 12.8 Å². The first-order valence-electron chi connectivity index (χ1n) is 6.52. The summed E-state index contributed by atoms with van der Waals surface area (Å²) in [6.45, 7) is -0.754. The molecule has 5 atom stereocenters. The lowest BCUT2D eigenvalue weighted by Crippen LogP contribution is -2.45. The van der Waals surface area contributed by atoms with Gasteiger partial charge in [0.1, 0.15) is 12.7 Å². The van der Waals surface area contributed by atoms with Gasteiger partial charge < -0.3 is 39.0 Å². The molecule has 1 aliphatic rings. The molecule has 1 heterocycles. The molecular formula is C12H22O9. The van der Waals surface area contributed by atoms with Crippen LogP contribution in [0.2, 0.25) is 0 Å². The third-order valence-corrected chi connectivity index (χ3v) is 2.93. The lowest BCUT2D eigenvalue weighted by Gasteiger charge is -2.33. The summed E-state index contributed by atoms with van der Waals surface area (Å²) in [5.41, 5.74) is 0. The van der Waals surface area contributed by atoms with E-state index in [1.54, 1.807) is 0 Å². The fourth-order valence-electron chi connectivity index (χ4n) is 1.79. The molecule has 0 aromatic heterocycles. The van der Waals surface area contributed by atoms with Gasteiger partial charge in [-0.25, -0.2) is 4.79 Å². The van der Waals surface area contributed by atoms with Crippen LogP contribution in [0.4, 0.5) is 0 Å². The molecule has 9 nitrogen and oxygen atoms in total. The molecule has 0 spiro atoms. The molecule has 1 rings (SSSR count). The number of methoxy groups -OCH3 is 2. The van der Waals surface area contributed by atoms with Gasteiger partial charge in [0.25, 0.3) is 0 Å². The number of aliphatic hydroxyl groups is 3. The number of ether oxygens (including phenoxy) is 5. The van der Waals surface area contributed by atoms with E-state index < -0.39 is 43.7 Å². The average molecular weight is 310 g/mol. The average Bonchev–Trinajstić information content (AvgIpc) is 2.51. The first-order chi connectivity index (χ1) is 10.0. The molecule has 1 aliphatic heterocycles. The third kappa shape index (κ3) is 5.83. The van der Waals surface area contributed by atoms with Gasteiger partial charge in [-0.3, -0.25) is 0 Å². The molecule has 0 radical (unpaired) electrons. The van der Waals surface area contributed by atoms with Crippen molar-refractivity contribution in [3.8, 4) is 0 Å². The minimum Gasteiger partial charge on any atom is -0.467 e. The van der Waals surface area contributed by atoms with Gasteiger partial charge in [-0.15, -0.1) is 0 Å². The zero-order valence-corrected chi connectivity index (χ0v) is 12.0. The van der Waals surface area contributed by atoms with Gasteiger partial charge in [-0.2, -0.15) is 0 Å². The van der Waals surface area contributed by atoms with E-state index >= 15 is 0 Å². The number of carbonyl (C=O) groups is 1. The molecule has 3 N–H and O–H groups in total. The summed E-state index contributed by atoms with van der Waals surface area (Å²) in [5.74, 6) is -0.536. The topological polar surface area (TPSA) is 124 Å². The van der Waals surface area contributed by atoms with Crippen LogP contribution in [0.3, 0.4) is 0 Å². The van der Waals surface area contributed by atoms with Crippen LogP contribution in [0.25, 0.3) is 0 Å². The maximum absolute atomic E-state index is 11.4. The second-order valence-electron chi connectivity index (χ2n) is 4.43. The summed E-state index contributed by atoms with van der Waals surface area (Å²) in [5, 5.41) is 27.6. The fourth-order valence-corrected chi connectivity index (χ4v) is 1.79. The molecule has 9 heteroatoms. The third-order valence-electron chi connectivity index (χ3n) is 2.93. The summed E-state index contributed by atoms with van der Waals surface area (Å²) in [6, 6.07) is 0. The van der Waals surface area contributed by atoms with Gasteiger partial charge in [0, 0.05) is 7.11 Å². The zero-order valence-electron chi connectivity index (χ0n) is 12.0.